The Morgan fingerprint density at radius 1 is 0.977 bits per heavy atom. The van der Waals surface area contributed by atoms with E-state index in [2.05, 4.69) is 65.5 Å². The van der Waals surface area contributed by atoms with Crippen molar-refractivity contribution in [3.05, 3.63) is 82.9 Å². The van der Waals surface area contributed by atoms with Crippen LogP contribution in [0.5, 0.6) is 0 Å². The maximum absolute atomic E-state index is 14.2. The van der Waals surface area contributed by atoms with Crippen molar-refractivity contribution in [2.75, 3.05) is 39.3 Å². The van der Waals surface area contributed by atoms with E-state index in [-0.39, 0.29) is 23.9 Å². The first-order valence-electron chi connectivity index (χ1n) is 16.6. The van der Waals surface area contributed by atoms with Crippen LogP contribution in [-0.2, 0) is 4.79 Å². The van der Waals surface area contributed by atoms with Gasteiger partial charge >= 0.3 is 0 Å². The third-order valence-corrected chi connectivity index (χ3v) is 9.88. The van der Waals surface area contributed by atoms with E-state index < -0.39 is 0 Å². The number of carbonyl (C=O) groups is 2. The Kier molecular flexibility index (Phi) is 11.3. The van der Waals surface area contributed by atoms with Crippen LogP contribution in [0.2, 0.25) is 5.02 Å². The zero-order chi connectivity index (χ0) is 31.1. The van der Waals surface area contributed by atoms with Crippen LogP contribution in [0.4, 0.5) is 0 Å². The molecule has 0 bridgehead atoms. The van der Waals surface area contributed by atoms with Gasteiger partial charge in [-0.1, -0.05) is 74.8 Å². The monoisotopic (exact) mass is 616 g/mol. The number of piperidine rings is 1. The number of likely N-dealkylation sites (tertiary alicyclic amines) is 1. The largest absolute Gasteiger partial charge is 0.350 e. The molecule has 3 unspecified atom stereocenters. The second-order valence-corrected chi connectivity index (χ2v) is 13.6. The quantitative estimate of drug-likeness (QED) is 0.251. The Labute approximate surface area is 268 Å². The molecule has 2 aliphatic heterocycles. The molecule has 3 atom stereocenters. The average Bonchev–Trinajstić information content (AvgIpc) is 3.19. The summed E-state index contributed by atoms with van der Waals surface area (Å²) < 4.78 is 0. The van der Waals surface area contributed by atoms with Crippen LogP contribution in [0.15, 0.2) is 66.7 Å². The van der Waals surface area contributed by atoms with Gasteiger partial charge in [0.15, 0.2) is 0 Å². The Bertz CT molecular complexity index is 1390. The summed E-state index contributed by atoms with van der Waals surface area (Å²) in [5, 5.41) is 9.62. The third-order valence-electron chi connectivity index (χ3n) is 9.64. The first-order chi connectivity index (χ1) is 21.3. The molecule has 0 aromatic heterocycles. The summed E-state index contributed by atoms with van der Waals surface area (Å²) in [5.41, 5.74) is 1.92. The van der Waals surface area contributed by atoms with Gasteiger partial charge < -0.3 is 20.4 Å². The van der Waals surface area contributed by atoms with E-state index in [0.717, 1.165) is 62.6 Å². The van der Waals surface area contributed by atoms with Crippen molar-refractivity contribution in [1.82, 2.24) is 20.4 Å². The van der Waals surface area contributed by atoms with Crippen LogP contribution in [0.1, 0.15) is 74.7 Å². The number of nitrogens with zero attached hydrogens (tertiary/aromatic N) is 2. The lowest BCUT2D eigenvalue weighted by Crippen LogP contribution is -2.54. The first-order valence-corrected chi connectivity index (χ1v) is 17.0. The molecular formula is C37H49ClN4O2. The summed E-state index contributed by atoms with van der Waals surface area (Å²) in [5.74, 6) is 1.42. The molecule has 2 aliphatic rings. The van der Waals surface area contributed by atoms with Gasteiger partial charge in [-0.25, -0.2) is 0 Å². The molecule has 0 aliphatic carbocycles. The van der Waals surface area contributed by atoms with Gasteiger partial charge in [0, 0.05) is 42.2 Å². The van der Waals surface area contributed by atoms with Crippen molar-refractivity contribution >= 4 is 34.2 Å². The molecule has 7 heteroatoms. The van der Waals surface area contributed by atoms with Gasteiger partial charge in [-0.2, -0.15) is 0 Å². The zero-order valence-electron chi connectivity index (χ0n) is 26.6. The summed E-state index contributed by atoms with van der Waals surface area (Å²) in [6.45, 7) is 11.9. The van der Waals surface area contributed by atoms with Crippen LogP contribution >= 0.6 is 11.6 Å². The molecule has 0 saturated carbocycles. The van der Waals surface area contributed by atoms with Gasteiger partial charge in [0.25, 0.3) is 5.91 Å². The lowest BCUT2D eigenvalue weighted by molar-refractivity contribution is -0.134. The molecule has 5 rings (SSSR count). The maximum atomic E-state index is 14.2. The molecule has 2 amide bonds. The fourth-order valence-corrected chi connectivity index (χ4v) is 6.98. The summed E-state index contributed by atoms with van der Waals surface area (Å²) in [6, 6.07) is 21.8. The third kappa shape index (κ3) is 8.41. The van der Waals surface area contributed by atoms with E-state index in [4.69, 9.17) is 11.6 Å². The summed E-state index contributed by atoms with van der Waals surface area (Å²) in [4.78, 5) is 32.1. The molecular weight excluding hydrogens is 568 g/mol. The number of rotatable bonds is 11. The van der Waals surface area contributed by atoms with Crippen molar-refractivity contribution in [3.63, 3.8) is 0 Å². The minimum atomic E-state index is -0.231. The Morgan fingerprint density at radius 3 is 2.43 bits per heavy atom. The Morgan fingerprint density at radius 2 is 1.70 bits per heavy atom. The van der Waals surface area contributed by atoms with E-state index in [9.17, 15) is 9.59 Å². The minimum absolute atomic E-state index is 0.0212. The molecule has 6 nitrogen and oxygen atoms in total. The number of hydrogen-bond acceptors (Lipinski definition) is 4. The van der Waals surface area contributed by atoms with Gasteiger partial charge in [-0.15, -0.1) is 0 Å². The highest BCUT2D eigenvalue weighted by Gasteiger charge is 2.38. The lowest BCUT2D eigenvalue weighted by Gasteiger charge is -2.38. The average molecular weight is 617 g/mol. The number of halogens is 1. The summed E-state index contributed by atoms with van der Waals surface area (Å²) in [6.07, 6.45) is 5.04. The van der Waals surface area contributed by atoms with Crippen LogP contribution < -0.4 is 10.6 Å². The smallest absolute Gasteiger partial charge is 0.251 e. The molecule has 236 valence electrons. The zero-order valence-corrected chi connectivity index (χ0v) is 27.4. The fourth-order valence-electron chi connectivity index (χ4n) is 6.79. The highest BCUT2D eigenvalue weighted by molar-refractivity contribution is 6.31. The normalized spacial score (nSPS) is 21.0. The van der Waals surface area contributed by atoms with Gasteiger partial charge in [-0.05, 0) is 104 Å². The highest BCUT2D eigenvalue weighted by Crippen LogP contribution is 2.28. The number of fused-ring (bicyclic) bond motifs is 1. The number of nitrogens with one attached hydrogen (secondary N) is 2. The van der Waals surface area contributed by atoms with E-state index >= 15 is 0 Å². The van der Waals surface area contributed by atoms with Crippen molar-refractivity contribution in [3.8, 4) is 0 Å². The minimum Gasteiger partial charge on any atom is -0.350 e. The molecule has 2 saturated heterocycles. The van der Waals surface area contributed by atoms with Gasteiger partial charge in [0.1, 0.15) is 0 Å². The summed E-state index contributed by atoms with van der Waals surface area (Å²) >= 11 is 6.14. The van der Waals surface area contributed by atoms with Crippen LogP contribution in [0, 0.1) is 11.8 Å². The number of amides is 2. The maximum Gasteiger partial charge on any atom is 0.251 e. The van der Waals surface area contributed by atoms with Gasteiger partial charge in [0.2, 0.25) is 5.91 Å². The predicted molar refractivity (Wildman–Crippen MR) is 181 cm³/mol. The first kappa shape index (κ1) is 32.5. The van der Waals surface area contributed by atoms with Gasteiger partial charge in [0.05, 0.1) is 6.04 Å². The molecule has 2 heterocycles. The van der Waals surface area contributed by atoms with Gasteiger partial charge in [-0.3, -0.25) is 9.59 Å². The topological polar surface area (TPSA) is 64.7 Å². The highest BCUT2D eigenvalue weighted by atomic mass is 35.5. The molecule has 44 heavy (non-hydrogen) atoms. The second-order valence-electron chi connectivity index (χ2n) is 13.2. The van der Waals surface area contributed by atoms with E-state index in [1.165, 1.54) is 12.0 Å². The Hall–Kier alpha value is -2.93. The van der Waals surface area contributed by atoms with Crippen molar-refractivity contribution in [2.24, 2.45) is 11.8 Å². The van der Waals surface area contributed by atoms with Crippen LogP contribution in [0.25, 0.3) is 10.8 Å². The SMILES string of the molecule is CCC(CN1CCC(CNC(=O)c2ccc3cc(Cl)ccc3c2)NC(C2CCN(CCC(C)C)CC2)C1=O)c1ccccc1. The molecule has 3 aromatic rings. The van der Waals surface area contributed by atoms with Crippen molar-refractivity contribution < 1.29 is 9.59 Å². The second kappa shape index (κ2) is 15.4. The fraction of sp³-hybridized carbons (Fsp3) is 0.514. The standard InChI is InChI=1S/C37H49ClN4O2/c1-4-27(28-8-6-5-7-9-28)25-42-21-17-34(24-39-36(43)32-11-10-31-23-33(38)13-12-30(31)22-32)40-35(37(42)44)29-15-19-41(20-16-29)18-14-26(2)3/h5-13,22-23,26-27,29,34-35,40H,4,14-21,24-25H2,1-3H3,(H,39,43). The number of benzene rings is 3. The molecule has 2 N–H and O–H groups in total. The predicted octanol–water partition coefficient (Wildman–Crippen LogP) is 6.73. The van der Waals surface area contributed by atoms with E-state index in [1.807, 2.05) is 42.5 Å². The van der Waals surface area contributed by atoms with Crippen molar-refractivity contribution in [1.29, 1.82) is 0 Å². The molecule has 0 radical (unpaired) electrons. The summed E-state index contributed by atoms with van der Waals surface area (Å²) in [7, 11) is 0. The van der Waals surface area contributed by atoms with Crippen molar-refractivity contribution in [2.45, 2.75) is 70.9 Å². The van der Waals surface area contributed by atoms with E-state index in [0.29, 0.717) is 41.4 Å². The Balaban J connectivity index is 1.28. The van der Waals surface area contributed by atoms with E-state index in [1.54, 1.807) is 0 Å². The number of hydrogen-bond donors (Lipinski definition) is 2. The van der Waals surface area contributed by atoms with Crippen LogP contribution in [0.3, 0.4) is 0 Å². The molecule has 0 spiro atoms. The number of carbonyl (C=O) groups excluding carboxylic acids is 2. The molecule has 3 aromatic carbocycles. The van der Waals surface area contributed by atoms with Crippen LogP contribution in [-0.4, -0.2) is 73.0 Å². The molecule has 2 fully saturated rings. The lowest BCUT2D eigenvalue weighted by atomic mass is 9.87.